The van der Waals surface area contributed by atoms with Gasteiger partial charge in [-0.25, -0.2) is 4.98 Å². The lowest BCUT2D eigenvalue weighted by molar-refractivity contribution is -0.137. The molecule has 6 heteroatoms. The van der Waals surface area contributed by atoms with E-state index in [0.29, 0.717) is 12.8 Å². The van der Waals surface area contributed by atoms with E-state index in [9.17, 15) is 13.2 Å². The molecule has 1 aromatic carbocycles. The molecular weight excluding hydrogens is 297 g/mol. The van der Waals surface area contributed by atoms with E-state index < -0.39 is 11.7 Å². The Kier molecular flexibility index (Phi) is 4.68. The van der Waals surface area contributed by atoms with Gasteiger partial charge in [0.15, 0.2) is 0 Å². The van der Waals surface area contributed by atoms with Crippen LogP contribution in [0.5, 0.6) is 0 Å². The highest BCUT2D eigenvalue weighted by Crippen LogP contribution is 2.29. The highest BCUT2D eigenvalue weighted by molar-refractivity contribution is 7.11. The number of aromatic nitrogens is 1. The van der Waals surface area contributed by atoms with E-state index in [0.717, 1.165) is 28.4 Å². The molecule has 2 rings (SSSR count). The van der Waals surface area contributed by atoms with E-state index in [1.165, 1.54) is 17.0 Å². The van der Waals surface area contributed by atoms with Crippen molar-refractivity contribution in [3.05, 3.63) is 51.0 Å². The van der Waals surface area contributed by atoms with Crippen LogP contribution in [0.2, 0.25) is 0 Å². The van der Waals surface area contributed by atoms with Crippen LogP contribution in [0.1, 0.15) is 26.7 Å². The molecule has 0 bridgehead atoms. The molecular formula is C15H17F3N2S. The van der Waals surface area contributed by atoms with Gasteiger partial charge in [0.05, 0.1) is 16.3 Å². The third kappa shape index (κ3) is 4.28. The summed E-state index contributed by atoms with van der Waals surface area (Å²) in [6.07, 6.45) is -3.12. The zero-order chi connectivity index (χ0) is 15.6. The first kappa shape index (κ1) is 16.0. The van der Waals surface area contributed by atoms with Gasteiger partial charge in [-0.2, -0.15) is 13.2 Å². The lowest BCUT2D eigenvalue weighted by Gasteiger charge is -2.11. The minimum Gasteiger partial charge on any atom is -0.327 e. The summed E-state index contributed by atoms with van der Waals surface area (Å²) in [4.78, 5) is 5.60. The Hall–Kier alpha value is -1.40. The van der Waals surface area contributed by atoms with E-state index in [1.807, 2.05) is 13.8 Å². The van der Waals surface area contributed by atoms with Crippen LogP contribution in [0.15, 0.2) is 24.3 Å². The van der Waals surface area contributed by atoms with Crippen molar-refractivity contribution in [3.63, 3.8) is 0 Å². The fraction of sp³-hybridized carbons (Fsp3) is 0.400. The SMILES string of the molecule is Cc1nc(CC(N)Cc2ccc(C(F)(F)F)cc2)sc1C. The number of thiazole rings is 1. The van der Waals surface area contributed by atoms with Crippen molar-refractivity contribution in [1.29, 1.82) is 0 Å². The molecule has 0 saturated carbocycles. The second-order valence-corrected chi connectivity index (χ2v) is 6.40. The third-order valence-electron chi connectivity index (χ3n) is 3.29. The Morgan fingerprint density at radius 1 is 1.14 bits per heavy atom. The maximum Gasteiger partial charge on any atom is 0.416 e. The highest BCUT2D eigenvalue weighted by Gasteiger charge is 2.29. The molecule has 0 saturated heterocycles. The summed E-state index contributed by atoms with van der Waals surface area (Å²) in [5, 5.41) is 0.976. The molecule has 2 aromatic rings. The van der Waals surface area contributed by atoms with Gasteiger partial charge in [-0.15, -0.1) is 11.3 Å². The normalized spacial score (nSPS) is 13.4. The molecule has 0 amide bonds. The topological polar surface area (TPSA) is 38.9 Å². The Labute approximate surface area is 125 Å². The van der Waals surface area contributed by atoms with Crippen LogP contribution in [0, 0.1) is 13.8 Å². The number of nitrogens with zero attached hydrogens (tertiary/aromatic N) is 1. The Bertz CT molecular complexity index is 583. The van der Waals surface area contributed by atoms with Crippen LogP contribution in [0.25, 0.3) is 0 Å². The number of benzene rings is 1. The average Bonchev–Trinajstić information content (AvgIpc) is 2.67. The second kappa shape index (κ2) is 6.15. The molecule has 1 heterocycles. The van der Waals surface area contributed by atoms with E-state index >= 15 is 0 Å². The molecule has 1 unspecified atom stereocenters. The zero-order valence-corrected chi connectivity index (χ0v) is 12.7. The molecule has 1 aromatic heterocycles. The lowest BCUT2D eigenvalue weighted by atomic mass is 10.0. The minimum atomic E-state index is -4.30. The Morgan fingerprint density at radius 2 is 1.76 bits per heavy atom. The molecule has 21 heavy (non-hydrogen) atoms. The summed E-state index contributed by atoms with van der Waals surface area (Å²) in [5.74, 6) is 0. The maximum absolute atomic E-state index is 12.5. The smallest absolute Gasteiger partial charge is 0.327 e. The number of hydrogen-bond acceptors (Lipinski definition) is 3. The largest absolute Gasteiger partial charge is 0.416 e. The minimum absolute atomic E-state index is 0.147. The molecule has 0 aliphatic carbocycles. The second-order valence-electron chi connectivity index (χ2n) is 5.11. The summed E-state index contributed by atoms with van der Waals surface area (Å²) in [6.45, 7) is 3.97. The van der Waals surface area contributed by atoms with Gasteiger partial charge >= 0.3 is 6.18 Å². The molecule has 114 valence electrons. The van der Waals surface area contributed by atoms with Crippen molar-refractivity contribution >= 4 is 11.3 Å². The summed E-state index contributed by atoms with van der Waals surface area (Å²) < 4.78 is 37.4. The molecule has 0 aliphatic rings. The summed E-state index contributed by atoms with van der Waals surface area (Å²) in [5.41, 5.74) is 7.25. The van der Waals surface area contributed by atoms with Crippen molar-refractivity contribution in [2.75, 3.05) is 0 Å². The first-order valence-electron chi connectivity index (χ1n) is 6.60. The number of alkyl halides is 3. The molecule has 0 spiro atoms. The van der Waals surface area contributed by atoms with E-state index in [4.69, 9.17) is 5.73 Å². The number of nitrogens with two attached hydrogens (primary N) is 1. The average molecular weight is 314 g/mol. The van der Waals surface area contributed by atoms with Gasteiger partial charge in [0.1, 0.15) is 0 Å². The maximum atomic E-state index is 12.5. The quantitative estimate of drug-likeness (QED) is 0.930. The first-order valence-corrected chi connectivity index (χ1v) is 7.42. The van der Waals surface area contributed by atoms with Gasteiger partial charge in [0.25, 0.3) is 0 Å². The number of rotatable bonds is 4. The van der Waals surface area contributed by atoms with Crippen LogP contribution in [0.4, 0.5) is 13.2 Å². The fourth-order valence-corrected chi connectivity index (χ4v) is 3.08. The van der Waals surface area contributed by atoms with Crippen molar-refractivity contribution < 1.29 is 13.2 Å². The zero-order valence-electron chi connectivity index (χ0n) is 11.9. The van der Waals surface area contributed by atoms with Gasteiger partial charge < -0.3 is 5.73 Å². The molecule has 2 N–H and O–H groups in total. The highest BCUT2D eigenvalue weighted by atomic mass is 32.1. The number of hydrogen-bond donors (Lipinski definition) is 1. The van der Waals surface area contributed by atoms with Crippen LogP contribution in [0.3, 0.4) is 0 Å². The number of aryl methyl sites for hydroxylation is 2. The number of halogens is 3. The van der Waals surface area contributed by atoms with Crippen LogP contribution >= 0.6 is 11.3 Å². The van der Waals surface area contributed by atoms with Gasteiger partial charge in [-0.3, -0.25) is 0 Å². The standard InChI is InChI=1S/C15H17F3N2S/c1-9-10(2)21-14(20-9)8-13(19)7-11-3-5-12(6-4-11)15(16,17)18/h3-6,13H,7-8,19H2,1-2H3. The molecule has 1 atom stereocenters. The van der Waals surface area contributed by atoms with Gasteiger partial charge in [0, 0.05) is 17.3 Å². The van der Waals surface area contributed by atoms with Crippen LogP contribution in [-0.2, 0) is 19.0 Å². The predicted molar refractivity (Wildman–Crippen MR) is 78.4 cm³/mol. The van der Waals surface area contributed by atoms with Gasteiger partial charge in [-0.05, 0) is 38.0 Å². The van der Waals surface area contributed by atoms with Crippen molar-refractivity contribution in [2.24, 2.45) is 5.73 Å². The fourth-order valence-electron chi connectivity index (χ4n) is 2.06. The lowest BCUT2D eigenvalue weighted by Crippen LogP contribution is -2.25. The predicted octanol–water partition coefficient (Wildman–Crippen LogP) is 3.89. The van der Waals surface area contributed by atoms with Gasteiger partial charge in [-0.1, -0.05) is 12.1 Å². The Morgan fingerprint density at radius 3 is 2.24 bits per heavy atom. The summed E-state index contributed by atoms with van der Waals surface area (Å²) >= 11 is 1.62. The van der Waals surface area contributed by atoms with Crippen LogP contribution < -0.4 is 5.73 Å². The van der Waals surface area contributed by atoms with E-state index in [1.54, 1.807) is 11.3 Å². The van der Waals surface area contributed by atoms with E-state index in [-0.39, 0.29) is 6.04 Å². The monoisotopic (exact) mass is 314 g/mol. The first-order chi connectivity index (χ1) is 9.75. The Balaban J connectivity index is 1.98. The molecule has 0 aliphatic heterocycles. The van der Waals surface area contributed by atoms with Crippen molar-refractivity contribution in [1.82, 2.24) is 4.98 Å². The van der Waals surface area contributed by atoms with E-state index in [2.05, 4.69) is 4.98 Å². The van der Waals surface area contributed by atoms with Crippen molar-refractivity contribution in [3.8, 4) is 0 Å². The van der Waals surface area contributed by atoms with Crippen LogP contribution in [-0.4, -0.2) is 11.0 Å². The van der Waals surface area contributed by atoms with Gasteiger partial charge in [0.2, 0.25) is 0 Å². The third-order valence-corrected chi connectivity index (χ3v) is 4.38. The molecule has 0 fully saturated rings. The van der Waals surface area contributed by atoms with Crippen molar-refractivity contribution in [2.45, 2.75) is 38.9 Å². The molecule has 0 radical (unpaired) electrons. The summed E-state index contributed by atoms with van der Waals surface area (Å²) in [6, 6.07) is 5.02. The summed E-state index contributed by atoms with van der Waals surface area (Å²) in [7, 11) is 0. The molecule has 2 nitrogen and oxygen atoms in total.